The molecule has 1 aromatic rings. The zero-order valence-corrected chi connectivity index (χ0v) is 20.7. The van der Waals surface area contributed by atoms with Crippen LogP contribution < -0.4 is 9.62 Å². The lowest BCUT2D eigenvalue weighted by atomic mass is 10.2. The predicted octanol–water partition coefficient (Wildman–Crippen LogP) is 3.49. The molecule has 0 aliphatic carbocycles. The van der Waals surface area contributed by atoms with Crippen molar-refractivity contribution >= 4 is 59.0 Å². The zero-order chi connectivity index (χ0) is 23.7. The van der Waals surface area contributed by atoms with Crippen molar-refractivity contribution < 1.29 is 26.7 Å². The van der Waals surface area contributed by atoms with E-state index in [1.54, 1.807) is 0 Å². The Morgan fingerprint density at radius 2 is 2.00 bits per heavy atom. The van der Waals surface area contributed by atoms with E-state index in [0.717, 1.165) is 12.8 Å². The Balaban J connectivity index is 0.000000452. The van der Waals surface area contributed by atoms with Gasteiger partial charge in [-0.15, -0.1) is 11.6 Å². The standard InChI is InChI=1S/C14H21N3O4S.C4H8Cl2O2S/c1-3-10(2)15-12-8-11(14(18)19)9-13(16-12)17-6-4-5-7-22(17,20)21;5-3-1-2-4-9(6,7)8/h8-10H,3-7H2,1-2H3,(H,15,16)(H,18,19);1-4H2/t10-;/m0./s1. The van der Waals surface area contributed by atoms with E-state index >= 15 is 0 Å². The fraction of sp³-hybridized carbons (Fsp3) is 0.667. The normalized spacial score (nSPS) is 16.7. The average Bonchev–Trinajstić information content (AvgIpc) is 2.67. The summed E-state index contributed by atoms with van der Waals surface area (Å²) in [6, 6.07) is 2.85. The van der Waals surface area contributed by atoms with E-state index in [-0.39, 0.29) is 28.9 Å². The number of aromatic nitrogens is 1. The van der Waals surface area contributed by atoms with E-state index < -0.39 is 25.0 Å². The van der Waals surface area contributed by atoms with Crippen LogP contribution in [0, 0.1) is 0 Å². The van der Waals surface area contributed by atoms with E-state index in [1.807, 2.05) is 13.8 Å². The zero-order valence-electron chi connectivity index (χ0n) is 17.6. The van der Waals surface area contributed by atoms with Gasteiger partial charge in [0, 0.05) is 29.1 Å². The smallest absolute Gasteiger partial charge is 0.335 e. The van der Waals surface area contributed by atoms with Crippen LogP contribution in [-0.2, 0) is 19.1 Å². The Hall–Kier alpha value is -1.30. The molecule has 2 rings (SSSR count). The molecule has 1 aliphatic rings. The number of sulfonamides is 1. The highest BCUT2D eigenvalue weighted by atomic mass is 35.7. The first kappa shape index (κ1) is 27.7. The van der Waals surface area contributed by atoms with Crippen LogP contribution in [0.5, 0.6) is 0 Å². The summed E-state index contributed by atoms with van der Waals surface area (Å²) in [6.07, 6.45) is 3.46. The van der Waals surface area contributed by atoms with Crippen LogP contribution in [0.2, 0.25) is 0 Å². The minimum absolute atomic E-state index is 0.0246. The van der Waals surface area contributed by atoms with Gasteiger partial charge in [0.2, 0.25) is 19.1 Å². The highest BCUT2D eigenvalue weighted by molar-refractivity contribution is 8.13. The van der Waals surface area contributed by atoms with Crippen LogP contribution in [-0.4, -0.2) is 62.9 Å². The number of aromatic carboxylic acids is 1. The summed E-state index contributed by atoms with van der Waals surface area (Å²) in [5.74, 6) is 0.0361. The molecular weight excluding hydrogens is 489 g/mol. The summed E-state index contributed by atoms with van der Waals surface area (Å²) in [4.78, 5) is 15.6. The van der Waals surface area contributed by atoms with Crippen molar-refractivity contribution in [2.24, 2.45) is 0 Å². The van der Waals surface area contributed by atoms with Gasteiger partial charge in [0.05, 0.1) is 17.1 Å². The largest absolute Gasteiger partial charge is 0.478 e. The van der Waals surface area contributed by atoms with Crippen LogP contribution in [0.1, 0.15) is 56.3 Å². The third-order valence-corrected chi connectivity index (χ3v) is 7.79. The summed E-state index contributed by atoms with van der Waals surface area (Å²) in [5.41, 5.74) is 0.0246. The molecular formula is C18H29Cl2N3O6S2. The molecule has 31 heavy (non-hydrogen) atoms. The van der Waals surface area contributed by atoms with Gasteiger partial charge >= 0.3 is 5.97 Å². The van der Waals surface area contributed by atoms with Crippen LogP contribution in [0.15, 0.2) is 12.1 Å². The van der Waals surface area contributed by atoms with E-state index in [4.69, 9.17) is 22.3 Å². The van der Waals surface area contributed by atoms with Gasteiger partial charge in [-0.2, -0.15) is 0 Å². The Labute approximate surface area is 193 Å². The third-order valence-electron chi connectivity index (χ3n) is 4.44. The molecule has 13 heteroatoms. The van der Waals surface area contributed by atoms with Crippen LogP contribution >= 0.6 is 22.3 Å². The molecule has 0 saturated carbocycles. The number of carbonyl (C=O) groups is 1. The summed E-state index contributed by atoms with van der Waals surface area (Å²) in [6.45, 7) is 4.28. The van der Waals surface area contributed by atoms with Gasteiger partial charge in [-0.1, -0.05) is 6.92 Å². The lowest BCUT2D eigenvalue weighted by Crippen LogP contribution is -2.38. The molecule has 0 bridgehead atoms. The second-order valence-electron chi connectivity index (χ2n) is 7.09. The molecule has 178 valence electrons. The minimum atomic E-state index is -3.42. The number of halogens is 2. The maximum atomic E-state index is 12.2. The Morgan fingerprint density at radius 1 is 1.32 bits per heavy atom. The number of unbranched alkanes of at least 4 members (excludes halogenated alkanes) is 1. The Morgan fingerprint density at radius 3 is 2.52 bits per heavy atom. The topological polar surface area (TPSA) is 134 Å². The molecule has 0 spiro atoms. The second kappa shape index (κ2) is 12.7. The van der Waals surface area contributed by atoms with Crippen molar-refractivity contribution in [3.63, 3.8) is 0 Å². The summed E-state index contributed by atoms with van der Waals surface area (Å²) in [7, 11) is -1.80. The maximum Gasteiger partial charge on any atom is 0.335 e. The van der Waals surface area contributed by atoms with Crippen molar-refractivity contribution in [2.75, 3.05) is 33.6 Å². The molecule has 0 amide bonds. The number of pyridine rings is 1. The van der Waals surface area contributed by atoms with Gasteiger partial charge in [-0.3, -0.25) is 4.31 Å². The number of rotatable bonds is 9. The second-order valence-corrected chi connectivity index (χ2v) is 12.4. The van der Waals surface area contributed by atoms with Gasteiger partial charge in [0.1, 0.15) is 11.6 Å². The van der Waals surface area contributed by atoms with Crippen LogP contribution in [0.3, 0.4) is 0 Å². The number of nitrogens with one attached hydrogen (secondary N) is 1. The molecule has 9 nitrogen and oxygen atoms in total. The lowest BCUT2D eigenvalue weighted by Gasteiger charge is -2.28. The predicted molar refractivity (Wildman–Crippen MR) is 125 cm³/mol. The highest BCUT2D eigenvalue weighted by Gasteiger charge is 2.28. The third kappa shape index (κ3) is 10.2. The number of carboxylic acids is 1. The Kier molecular flexibility index (Phi) is 11.3. The monoisotopic (exact) mass is 517 g/mol. The molecule has 1 fully saturated rings. The molecule has 0 radical (unpaired) electrons. The highest BCUT2D eigenvalue weighted by Crippen LogP contribution is 2.25. The van der Waals surface area contributed by atoms with Crippen LogP contribution in [0.25, 0.3) is 0 Å². The quantitative estimate of drug-likeness (QED) is 0.288. The van der Waals surface area contributed by atoms with E-state index in [9.17, 15) is 26.7 Å². The molecule has 2 N–H and O–H groups in total. The van der Waals surface area contributed by atoms with Gasteiger partial charge in [-0.05, 0) is 51.2 Å². The van der Waals surface area contributed by atoms with Gasteiger partial charge in [0.25, 0.3) is 0 Å². The number of hydrogen-bond donors (Lipinski definition) is 2. The lowest BCUT2D eigenvalue weighted by molar-refractivity contribution is 0.0696. The molecule has 1 aromatic heterocycles. The number of nitrogens with zero attached hydrogens (tertiary/aromatic N) is 2. The molecule has 2 heterocycles. The first-order chi connectivity index (χ1) is 14.4. The molecule has 1 aliphatic heterocycles. The van der Waals surface area contributed by atoms with E-state index in [2.05, 4.69) is 10.3 Å². The van der Waals surface area contributed by atoms with Crippen molar-refractivity contribution in [1.29, 1.82) is 0 Å². The molecule has 1 atom stereocenters. The summed E-state index contributed by atoms with van der Waals surface area (Å²) >= 11 is 5.29. The molecule has 1 saturated heterocycles. The average molecular weight is 518 g/mol. The van der Waals surface area contributed by atoms with E-state index in [0.29, 0.717) is 37.5 Å². The minimum Gasteiger partial charge on any atom is -0.478 e. The first-order valence-electron chi connectivity index (χ1n) is 9.90. The SMILES string of the molecule is CC[C@H](C)Nc1cc(C(=O)O)cc(N2CCCCS2(=O)=O)n1.O=S(=O)(Cl)CCCCCl. The van der Waals surface area contributed by atoms with Gasteiger partial charge in [-0.25, -0.2) is 26.6 Å². The van der Waals surface area contributed by atoms with Crippen molar-refractivity contribution in [3.05, 3.63) is 17.7 Å². The summed E-state index contributed by atoms with van der Waals surface area (Å²) in [5, 5.41) is 12.3. The van der Waals surface area contributed by atoms with Gasteiger partial charge in [0.15, 0.2) is 0 Å². The van der Waals surface area contributed by atoms with Crippen molar-refractivity contribution in [3.8, 4) is 0 Å². The van der Waals surface area contributed by atoms with Gasteiger partial charge < -0.3 is 10.4 Å². The number of anilines is 2. The first-order valence-corrected chi connectivity index (χ1v) is 14.5. The Bertz CT molecular complexity index is 942. The number of hydrogen-bond acceptors (Lipinski definition) is 7. The summed E-state index contributed by atoms with van der Waals surface area (Å²) < 4.78 is 46.0. The number of carboxylic acid groups (broad SMARTS) is 1. The van der Waals surface area contributed by atoms with Crippen molar-refractivity contribution in [2.45, 2.75) is 52.0 Å². The molecule has 0 unspecified atom stereocenters. The van der Waals surface area contributed by atoms with Crippen LogP contribution in [0.4, 0.5) is 11.6 Å². The van der Waals surface area contributed by atoms with Crippen molar-refractivity contribution in [1.82, 2.24) is 4.98 Å². The molecule has 0 aromatic carbocycles. The fourth-order valence-electron chi connectivity index (χ4n) is 2.61. The maximum absolute atomic E-state index is 12.2. The van der Waals surface area contributed by atoms with E-state index in [1.165, 1.54) is 16.4 Å². The number of alkyl halides is 1. The fourth-order valence-corrected chi connectivity index (χ4v) is 5.25.